The minimum absolute atomic E-state index is 0.0694. The van der Waals surface area contributed by atoms with Gasteiger partial charge in [0, 0.05) is 0 Å². The largest absolute Gasteiger partial charge is 0.773 e. The van der Waals surface area contributed by atoms with Crippen molar-refractivity contribution >= 4 is 30.5 Å². The van der Waals surface area contributed by atoms with Gasteiger partial charge in [-0.2, -0.15) is 0 Å². The molecule has 1 unspecified atom stereocenters. The van der Waals surface area contributed by atoms with Gasteiger partial charge < -0.3 is 38.5 Å². The highest BCUT2D eigenvalue weighted by molar-refractivity contribution is 7.96. The van der Waals surface area contributed by atoms with E-state index in [4.69, 9.17) is 4.89 Å². The maximum atomic E-state index is 10.5. The Morgan fingerprint density at radius 1 is 1.27 bits per heavy atom. The molecule has 0 aromatic heterocycles. The van der Waals surface area contributed by atoms with Gasteiger partial charge in [0.15, 0.2) is 7.60 Å². The lowest BCUT2D eigenvalue weighted by Gasteiger charge is -2.29. The van der Waals surface area contributed by atoms with Gasteiger partial charge in [0.1, 0.15) is 11.3 Å². The van der Waals surface area contributed by atoms with E-state index in [9.17, 15) is 19.4 Å². The number of nitrogens with one attached hydrogen (secondary N) is 1. The normalized spacial score (nSPS) is 14.4. The molecule has 0 aromatic carbocycles. The van der Waals surface area contributed by atoms with Crippen LogP contribution in [0.25, 0.3) is 0 Å². The fourth-order valence-corrected chi connectivity index (χ4v) is 1.52. The maximum absolute atomic E-state index is 10.5. The second-order valence-electron chi connectivity index (χ2n) is 6.55. The molecule has 10 heteroatoms. The Morgan fingerprint density at radius 2 is 1.73 bits per heavy atom. The molecule has 0 aliphatic rings. The van der Waals surface area contributed by atoms with Crippen molar-refractivity contribution in [3.05, 3.63) is 0 Å². The SMILES string of the molecule is CC[N+](C)(C)CCNC(=S)P(=O)([O-])O.C[N+](C)(C)CC(=O)[O-]. The minimum atomic E-state index is -4.48. The third-order valence-corrected chi connectivity index (χ3v) is 4.22. The number of likely N-dealkylation sites (N-methyl/N-ethyl adjacent to an activating group) is 2. The van der Waals surface area contributed by atoms with E-state index in [-0.39, 0.29) is 6.54 Å². The second kappa shape index (κ2) is 9.54. The van der Waals surface area contributed by atoms with Crippen LogP contribution in [0.15, 0.2) is 0 Å². The zero-order valence-corrected chi connectivity index (χ0v) is 15.9. The molecule has 0 aliphatic carbocycles. The van der Waals surface area contributed by atoms with E-state index in [1.165, 1.54) is 0 Å². The summed E-state index contributed by atoms with van der Waals surface area (Å²) in [7, 11) is 4.98. The molecule has 0 bridgehead atoms. The van der Waals surface area contributed by atoms with E-state index < -0.39 is 18.3 Å². The number of nitrogens with zero attached hydrogens (tertiary/aromatic N) is 2. The number of carboxylic acids is 1. The Labute approximate surface area is 138 Å². The molecule has 0 saturated heterocycles. The fourth-order valence-electron chi connectivity index (χ4n) is 1.11. The predicted molar refractivity (Wildman–Crippen MR) is 85.8 cm³/mol. The topological polar surface area (TPSA) is 113 Å². The molecule has 0 amide bonds. The van der Waals surface area contributed by atoms with Crippen LogP contribution in [0.4, 0.5) is 0 Å². The van der Waals surface area contributed by atoms with Crippen LogP contribution >= 0.6 is 19.8 Å². The van der Waals surface area contributed by atoms with Crippen LogP contribution in [0.3, 0.4) is 0 Å². The van der Waals surface area contributed by atoms with Gasteiger partial charge in [-0.05, 0) is 6.92 Å². The first-order valence-electron chi connectivity index (χ1n) is 6.75. The summed E-state index contributed by atoms with van der Waals surface area (Å²) in [5.74, 6) is -1.00. The minimum Gasteiger partial charge on any atom is -0.773 e. The van der Waals surface area contributed by atoms with Gasteiger partial charge in [0.05, 0.1) is 60.8 Å². The summed E-state index contributed by atoms with van der Waals surface area (Å²) < 4.78 is 11.2. The van der Waals surface area contributed by atoms with Gasteiger partial charge in [0.25, 0.3) is 0 Å². The van der Waals surface area contributed by atoms with Crippen molar-refractivity contribution in [3.63, 3.8) is 0 Å². The van der Waals surface area contributed by atoms with Crippen molar-refractivity contribution < 1.29 is 33.2 Å². The summed E-state index contributed by atoms with van der Waals surface area (Å²) in [5, 5.41) is 12.4. The summed E-state index contributed by atoms with van der Waals surface area (Å²) in [5.41, 5.74) is 0. The van der Waals surface area contributed by atoms with Gasteiger partial charge in [-0.15, -0.1) is 0 Å². The van der Waals surface area contributed by atoms with Gasteiger partial charge in [-0.1, -0.05) is 12.2 Å². The average Bonchev–Trinajstić information content (AvgIpc) is 2.24. The van der Waals surface area contributed by atoms with Gasteiger partial charge in [-0.3, -0.25) is 0 Å². The molecular formula is C12H28N3O5PS. The Hall–Kier alpha value is -0.570. The summed E-state index contributed by atoms with van der Waals surface area (Å²) in [6.07, 6.45) is 0. The van der Waals surface area contributed by atoms with Crippen molar-refractivity contribution in [2.75, 3.05) is 61.4 Å². The molecule has 132 valence electrons. The first-order valence-corrected chi connectivity index (χ1v) is 8.74. The van der Waals surface area contributed by atoms with Crippen LogP contribution in [-0.4, -0.2) is 86.0 Å². The first-order chi connectivity index (χ1) is 9.60. The number of aliphatic carboxylic acids is 1. The van der Waals surface area contributed by atoms with Crippen molar-refractivity contribution in [2.24, 2.45) is 0 Å². The van der Waals surface area contributed by atoms with Crippen molar-refractivity contribution in [2.45, 2.75) is 6.92 Å². The number of carboxylic acid groups (broad SMARTS) is 1. The third kappa shape index (κ3) is 15.8. The van der Waals surface area contributed by atoms with E-state index >= 15 is 0 Å². The van der Waals surface area contributed by atoms with Gasteiger partial charge in [0.2, 0.25) is 0 Å². The zero-order valence-electron chi connectivity index (χ0n) is 14.2. The van der Waals surface area contributed by atoms with Crippen LogP contribution in [0, 0.1) is 0 Å². The van der Waals surface area contributed by atoms with E-state index in [0.29, 0.717) is 11.0 Å². The smallest absolute Gasteiger partial charge is 0.189 e. The highest BCUT2D eigenvalue weighted by Gasteiger charge is 2.14. The molecule has 2 N–H and O–H groups in total. The predicted octanol–water partition coefficient (Wildman–Crippen LogP) is -2.05. The maximum Gasteiger partial charge on any atom is 0.189 e. The Bertz CT molecular complexity index is 417. The van der Waals surface area contributed by atoms with E-state index in [2.05, 4.69) is 17.5 Å². The number of quaternary nitrogens is 2. The lowest BCUT2D eigenvalue weighted by atomic mass is 10.4. The molecule has 1 atom stereocenters. The zero-order chi connectivity index (χ0) is 18.2. The lowest BCUT2D eigenvalue weighted by molar-refractivity contribution is -0.887. The number of thiocarbonyl (C=S) groups is 1. The van der Waals surface area contributed by atoms with Gasteiger partial charge >= 0.3 is 0 Å². The number of rotatable bonds is 7. The molecule has 22 heavy (non-hydrogen) atoms. The van der Waals surface area contributed by atoms with Crippen LogP contribution < -0.4 is 15.3 Å². The number of carbonyl (C=O) groups is 1. The number of carbonyl (C=O) groups excluding carboxylic acids is 1. The fraction of sp³-hybridized carbons (Fsp3) is 0.833. The van der Waals surface area contributed by atoms with Crippen LogP contribution in [0.5, 0.6) is 0 Å². The first kappa shape index (κ1) is 23.7. The summed E-state index contributed by atoms with van der Waals surface area (Å²) in [6, 6.07) is 0. The van der Waals surface area contributed by atoms with Crippen molar-refractivity contribution in [3.8, 4) is 0 Å². The molecule has 8 nitrogen and oxygen atoms in total. The Kier molecular flexibility index (Phi) is 10.3. The Balaban J connectivity index is 0. The molecule has 0 aromatic rings. The lowest BCUT2D eigenvalue weighted by Crippen LogP contribution is -2.45. The van der Waals surface area contributed by atoms with Crippen molar-refractivity contribution in [1.29, 1.82) is 0 Å². The molecule has 0 spiro atoms. The average molecular weight is 357 g/mol. The van der Waals surface area contributed by atoms with Crippen molar-refractivity contribution in [1.82, 2.24) is 5.32 Å². The highest BCUT2D eigenvalue weighted by Crippen LogP contribution is 2.29. The van der Waals surface area contributed by atoms with Crippen LogP contribution in [0.1, 0.15) is 6.92 Å². The molecule has 0 fully saturated rings. The van der Waals surface area contributed by atoms with Gasteiger partial charge in [-0.25, -0.2) is 0 Å². The van der Waals surface area contributed by atoms with E-state index in [1.54, 1.807) is 21.1 Å². The molecule has 0 heterocycles. The number of hydrogen-bond acceptors (Lipinski definition) is 5. The van der Waals surface area contributed by atoms with Crippen LogP contribution in [0.2, 0.25) is 0 Å². The second-order valence-corrected chi connectivity index (χ2v) is 8.75. The molecular weight excluding hydrogens is 329 g/mol. The standard InChI is InChI=1S/C7H17N2O3PS.C5H11NO2/c1-4-9(2,3)6-5-8-7(14)13(10,11)12;1-6(2,3)4-5(7)8/h4-6H2,1-3H3,(H2-,8,10,11,12,14);4H2,1-3H3. The van der Waals surface area contributed by atoms with Crippen LogP contribution in [-0.2, 0) is 9.36 Å². The Morgan fingerprint density at radius 3 is 1.95 bits per heavy atom. The molecule has 0 aliphatic heterocycles. The third-order valence-electron chi connectivity index (χ3n) is 2.71. The summed E-state index contributed by atoms with van der Waals surface area (Å²) >= 11 is 4.47. The highest BCUT2D eigenvalue weighted by atomic mass is 32.1. The quantitative estimate of drug-likeness (QED) is 0.306. The number of hydrogen-bond donors (Lipinski definition) is 2. The monoisotopic (exact) mass is 357 g/mol. The molecule has 0 rings (SSSR count). The van der Waals surface area contributed by atoms with E-state index in [0.717, 1.165) is 17.6 Å². The summed E-state index contributed by atoms with van der Waals surface area (Å²) in [4.78, 5) is 29.0. The molecule has 0 radical (unpaired) electrons. The van der Waals surface area contributed by atoms with E-state index in [1.807, 2.05) is 21.0 Å². The summed E-state index contributed by atoms with van der Waals surface area (Å²) in [6.45, 7) is 4.24. The molecule has 0 saturated carbocycles.